The molecule has 0 fully saturated rings. The summed E-state index contributed by atoms with van der Waals surface area (Å²) in [5.41, 5.74) is 1.55. The van der Waals surface area contributed by atoms with E-state index in [4.69, 9.17) is 14.2 Å². The third-order valence-corrected chi connectivity index (χ3v) is 3.86. The van der Waals surface area contributed by atoms with E-state index in [9.17, 15) is 4.79 Å². The fourth-order valence-electron chi connectivity index (χ4n) is 2.42. The Balaban J connectivity index is 1.94. The standard InChI is InChI=1S/C21H27NO4/c1-4-6-13-26-19-12-7-16(14-20(19)24-3)15-22-21(23)17-8-10-18(11-9-17)25-5-2/h7-12,14H,4-6,13,15H2,1-3H3,(H,22,23). The van der Waals surface area contributed by atoms with Crippen LogP contribution in [0, 0.1) is 0 Å². The number of hydrogen-bond donors (Lipinski definition) is 1. The third-order valence-electron chi connectivity index (χ3n) is 3.86. The molecule has 2 rings (SSSR count). The first-order chi connectivity index (χ1) is 12.7. The van der Waals surface area contributed by atoms with Crippen LogP contribution in [-0.2, 0) is 6.54 Å². The normalized spacial score (nSPS) is 10.3. The maximum Gasteiger partial charge on any atom is 0.251 e. The van der Waals surface area contributed by atoms with Crippen LogP contribution in [0.1, 0.15) is 42.6 Å². The van der Waals surface area contributed by atoms with Crippen molar-refractivity contribution >= 4 is 5.91 Å². The van der Waals surface area contributed by atoms with Crippen LogP contribution in [0.25, 0.3) is 0 Å². The van der Waals surface area contributed by atoms with Crippen molar-refractivity contribution in [3.63, 3.8) is 0 Å². The molecule has 0 unspecified atom stereocenters. The number of unbranched alkanes of at least 4 members (excludes halogenated alkanes) is 1. The SMILES string of the molecule is CCCCOc1ccc(CNC(=O)c2ccc(OCC)cc2)cc1OC. The number of benzene rings is 2. The lowest BCUT2D eigenvalue weighted by Gasteiger charge is -2.12. The fraction of sp³-hybridized carbons (Fsp3) is 0.381. The van der Waals surface area contributed by atoms with E-state index in [2.05, 4.69) is 12.2 Å². The second kappa shape index (κ2) is 10.3. The molecule has 2 aromatic rings. The van der Waals surface area contributed by atoms with Gasteiger partial charge in [0.15, 0.2) is 11.5 Å². The molecule has 140 valence electrons. The molecule has 2 aromatic carbocycles. The number of hydrogen-bond acceptors (Lipinski definition) is 4. The first-order valence-corrected chi connectivity index (χ1v) is 8.98. The van der Waals surface area contributed by atoms with Crippen LogP contribution in [-0.4, -0.2) is 26.2 Å². The van der Waals surface area contributed by atoms with Gasteiger partial charge in [0.25, 0.3) is 5.91 Å². The highest BCUT2D eigenvalue weighted by Gasteiger charge is 2.09. The van der Waals surface area contributed by atoms with Crippen LogP contribution < -0.4 is 19.5 Å². The van der Waals surface area contributed by atoms with E-state index in [1.165, 1.54) is 0 Å². The molecule has 0 bridgehead atoms. The highest BCUT2D eigenvalue weighted by atomic mass is 16.5. The number of carbonyl (C=O) groups is 1. The molecule has 26 heavy (non-hydrogen) atoms. The summed E-state index contributed by atoms with van der Waals surface area (Å²) in [5.74, 6) is 2.03. The topological polar surface area (TPSA) is 56.8 Å². The van der Waals surface area contributed by atoms with Gasteiger partial charge in [-0.3, -0.25) is 4.79 Å². The zero-order valence-corrected chi connectivity index (χ0v) is 15.7. The molecule has 0 heterocycles. The lowest BCUT2D eigenvalue weighted by atomic mass is 10.1. The maximum absolute atomic E-state index is 12.3. The molecule has 0 aromatic heterocycles. The summed E-state index contributed by atoms with van der Waals surface area (Å²) in [4.78, 5) is 12.3. The largest absolute Gasteiger partial charge is 0.494 e. The van der Waals surface area contributed by atoms with Gasteiger partial charge in [-0.2, -0.15) is 0 Å². The van der Waals surface area contributed by atoms with E-state index in [0.29, 0.717) is 31.1 Å². The lowest BCUT2D eigenvalue weighted by molar-refractivity contribution is 0.0951. The van der Waals surface area contributed by atoms with E-state index in [0.717, 1.165) is 29.9 Å². The average Bonchev–Trinajstić information content (AvgIpc) is 2.67. The third kappa shape index (κ3) is 5.69. The van der Waals surface area contributed by atoms with Crippen molar-refractivity contribution in [1.29, 1.82) is 0 Å². The monoisotopic (exact) mass is 357 g/mol. The number of amides is 1. The highest BCUT2D eigenvalue weighted by molar-refractivity contribution is 5.94. The van der Waals surface area contributed by atoms with Crippen molar-refractivity contribution in [2.24, 2.45) is 0 Å². The number of rotatable bonds is 10. The molecule has 0 aliphatic carbocycles. The number of nitrogens with one attached hydrogen (secondary N) is 1. The van der Waals surface area contributed by atoms with Crippen molar-refractivity contribution in [3.8, 4) is 17.2 Å². The Kier molecular flexibility index (Phi) is 7.80. The van der Waals surface area contributed by atoms with Gasteiger partial charge in [0.1, 0.15) is 5.75 Å². The number of methoxy groups -OCH3 is 1. The second-order valence-electron chi connectivity index (χ2n) is 5.83. The Bertz CT molecular complexity index is 698. The minimum atomic E-state index is -0.129. The summed E-state index contributed by atoms with van der Waals surface area (Å²) in [6, 6.07) is 12.8. The summed E-state index contributed by atoms with van der Waals surface area (Å²) in [7, 11) is 1.62. The molecule has 1 amide bonds. The molecular weight excluding hydrogens is 330 g/mol. The van der Waals surface area contributed by atoms with Gasteiger partial charge in [0, 0.05) is 12.1 Å². The second-order valence-corrected chi connectivity index (χ2v) is 5.83. The van der Waals surface area contributed by atoms with E-state index in [1.54, 1.807) is 31.4 Å². The molecule has 0 aliphatic heterocycles. The molecule has 0 atom stereocenters. The van der Waals surface area contributed by atoms with Crippen molar-refractivity contribution in [2.75, 3.05) is 20.3 Å². The van der Waals surface area contributed by atoms with Gasteiger partial charge in [0.2, 0.25) is 0 Å². The van der Waals surface area contributed by atoms with Gasteiger partial charge in [-0.1, -0.05) is 19.4 Å². The Morgan fingerprint density at radius 2 is 1.77 bits per heavy atom. The fourth-order valence-corrected chi connectivity index (χ4v) is 2.42. The zero-order chi connectivity index (χ0) is 18.8. The van der Waals surface area contributed by atoms with Crippen LogP contribution in [0.2, 0.25) is 0 Å². The molecule has 0 radical (unpaired) electrons. The van der Waals surface area contributed by atoms with Crippen LogP contribution in [0.4, 0.5) is 0 Å². The quantitative estimate of drug-likeness (QED) is 0.648. The van der Waals surface area contributed by atoms with E-state index in [1.807, 2.05) is 25.1 Å². The first kappa shape index (κ1) is 19.6. The predicted molar refractivity (Wildman–Crippen MR) is 102 cm³/mol. The van der Waals surface area contributed by atoms with Gasteiger partial charge in [-0.05, 0) is 55.3 Å². The van der Waals surface area contributed by atoms with Crippen LogP contribution in [0.5, 0.6) is 17.2 Å². The number of carbonyl (C=O) groups excluding carboxylic acids is 1. The van der Waals surface area contributed by atoms with Gasteiger partial charge in [-0.25, -0.2) is 0 Å². The molecular formula is C21H27NO4. The Morgan fingerprint density at radius 3 is 2.42 bits per heavy atom. The van der Waals surface area contributed by atoms with Crippen molar-refractivity contribution in [2.45, 2.75) is 33.2 Å². The average molecular weight is 357 g/mol. The molecule has 5 nitrogen and oxygen atoms in total. The highest BCUT2D eigenvalue weighted by Crippen LogP contribution is 2.28. The van der Waals surface area contributed by atoms with Gasteiger partial charge < -0.3 is 19.5 Å². The number of ether oxygens (including phenoxy) is 3. The minimum absolute atomic E-state index is 0.129. The van der Waals surface area contributed by atoms with Gasteiger partial charge >= 0.3 is 0 Å². The molecule has 0 saturated heterocycles. The van der Waals surface area contributed by atoms with Crippen LogP contribution in [0.3, 0.4) is 0 Å². The summed E-state index contributed by atoms with van der Waals surface area (Å²) < 4.78 is 16.5. The van der Waals surface area contributed by atoms with E-state index in [-0.39, 0.29) is 5.91 Å². The Hall–Kier alpha value is -2.69. The summed E-state index contributed by atoms with van der Waals surface area (Å²) in [6.07, 6.45) is 2.08. The Morgan fingerprint density at radius 1 is 1.00 bits per heavy atom. The Labute approximate surface area is 155 Å². The molecule has 0 spiro atoms. The molecule has 0 saturated carbocycles. The molecule has 1 N–H and O–H groups in total. The minimum Gasteiger partial charge on any atom is -0.494 e. The van der Waals surface area contributed by atoms with Gasteiger partial charge in [-0.15, -0.1) is 0 Å². The van der Waals surface area contributed by atoms with E-state index < -0.39 is 0 Å². The summed E-state index contributed by atoms with van der Waals surface area (Å²) in [5, 5.41) is 2.91. The van der Waals surface area contributed by atoms with Crippen molar-refractivity contribution in [1.82, 2.24) is 5.32 Å². The molecule has 0 aliphatic rings. The summed E-state index contributed by atoms with van der Waals surface area (Å²) >= 11 is 0. The van der Waals surface area contributed by atoms with Gasteiger partial charge in [0.05, 0.1) is 20.3 Å². The molecule has 5 heteroatoms. The zero-order valence-electron chi connectivity index (χ0n) is 15.7. The maximum atomic E-state index is 12.3. The van der Waals surface area contributed by atoms with Crippen molar-refractivity contribution in [3.05, 3.63) is 53.6 Å². The lowest BCUT2D eigenvalue weighted by Crippen LogP contribution is -2.22. The predicted octanol–water partition coefficient (Wildman–Crippen LogP) is 4.20. The van der Waals surface area contributed by atoms with E-state index >= 15 is 0 Å². The van der Waals surface area contributed by atoms with Crippen molar-refractivity contribution < 1.29 is 19.0 Å². The summed E-state index contributed by atoms with van der Waals surface area (Å²) in [6.45, 7) is 5.73. The smallest absolute Gasteiger partial charge is 0.251 e. The first-order valence-electron chi connectivity index (χ1n) is 8.98. The van der Waals surface area contributed by atoms with Crippen LogP contribution >= 0.6 is 0 Å². The van der Waals surface area contributed by atoms with Crippen LogP contribution in [0.15, 0.2) is 42.5 Å².